The standard InChI is InChI=1S/C20H18ClFN4O/c21-17-4-2-1-3-15(17)13-24-19-10-9-18(25-26-19)20(27)23-12-11-14-5-7-16(22)8-6-14/h1-10H,11-13H2,(H,23,27)(H,24,26). The van der Waals surface area contributed by atoms with Crippen molar-refractivity contribution in [3.05, 3.63) is 88.3 Å². The highest BCUT2D eigenvalue weighted by Gasteiger charge is 2.08. The maximum absolute atomic E-state index is 12.9. The summed E-state index contributed by atoms with van der Waals surface area (Å²) in [5.41, 5.74) is 2.13. The second-order valence-corrected chi connectivity index (χ2v) is 6.29. The number of rotatable bonds is 7. The Kier molecular flexibility index (Phi) is 6.33. The first-order chi connectivity index (χ1) is 13.1. The number of hydrogen-bond donors (Lipinski definition) is 2. The molecule has 0 fully saturated rings. The molecule has 0 aliphatic carbocycles. The fourth-order valence-electron chi connectivity index (χ4n) is 2.44. The molecule has 138 valence electrons. The second-order valence-electron chi connectivity index (χ2n) is 5.88. The third kappa shape index (κ3) is 5.49. The predicted octanol–water partition coefficient (Wildman–Crippen LogP) is 3.85. The minimum atomic E-state index is -0.303. The quantitative estimate of drug-likeness (QED) is 0.649. The lowest BCUT2D eigenvalue weighted by atomic mass is 10.1. The van der Waals surface area contributed by atoms with E-state index in [1.807, 2.05) is 24.3 Å². The maximum atomic E-state index is 12.9. The van der Waals surface area contributed by atoms with Gasteiger partial charge in [-0.3, -0.25) is 4.79 Å². The van der Waals surface area contributed by atoms with Crippen LogP contribution >= 0.6 is 11.6 Å². The van der Waals surface area contributed by atoms with Crippen LogP contribution in [0.5, 0.6) is 0 Å². The van der Waals surface area contributed by atoms with Crippen molar-refractivity contribution >= 4 is 23.3 Å². The number of carbonyl (C=O) groups is 1. The SMILES string of the molecule is O=C(NCCc1ccc(F)cc1)c1ccc(NCc2ccccc2Cl)nn1. The first kappa shape index (κ1) is 18.8. The fraction of sp³-hybridized carbons (Fsp3) is 0.150. The van der Waals surface area contributed by atoms with Crippen LogP contribution < -0.4 is 10.6 Å². The monoisotopic (exact) mass is 384 g/mol. The molecule has 0 aliphatic heterocycles. The van der Waals surface area contributed by atoms with Crippen molar-refractivity contribution in [2.24, 2.45) is 0 Å². The van der Waals surface area contributed by atoms with E-state index in [0.29, 0.717) is 30.4 Å². The van der Waals surface area contributed by atoms with Crippen LogP contribution in [0.3, 0.4) is 0 Å². The summed E-state index contributed by atoms with van der Waals surface area (Å²) in [7, 11) is 0. The molecule has 5 nitrogen and oxygen atoms in total. The highest BCUT2D eigenvalue weighted by molar-refractivity contribution is 6.31. The topological polar surface area (TPSA) is 66.9 Å². The molecule has 0 aliphatic rings. The van der Waals surface area contributed by atoms with Crippen LogP contribution in [0, 0.1) is 5.82 Å². The molecule has 0 saturated carbocycles. The summed E-state index contributed by atoms with van der Waals surface area (Å²) in [6.07, 6.45) is 0.608. The van der Waals surface area contributed by atoms with Gasteiger partial charge in [0.25, 0.3) is 5.91 Å². The molecular weight excluding hydrogens is 367 g/mol. The summed E-state index contributed by atoms with van der Waals surface area (Å²) in [4.78, 5) is 12.1. The smallest absolute Gasteiger partial charge is 0.271 e. The molecule has 3 rings (SSSR count). The van der Waals surface area contributed by atoms with Gasteiger partial charge in [-0.1, -0.05) is 41.9 Å². The van der Waals surface area contributed by atoms with E-state index in [4.69, 9.17) is 11.6 Å². The lowest BCUT2D eigenvalue weighted by Gasteiger charge is -2.08. The van der Waals surface area contributed by atoms with Gasteiger partial charge in [0, 0.05) is 18.1 Å². The maximum Gasteiger partial charge on any atom is 0.271 e. The molecule has 2 N–H and O–H groups in total. The molecule has 0 spiro atoms. The molecule has 0 atom stereocenters. The largest absolute Gasteiger partial charge is 0.364 e. The van der Waals surface area contributed by atoms with E-state index in [0.717, 1.165) is 11.1 Å². The molecule has 0 radical (unpaired) electrons. The van der Waals surface area contributed by atoms with Crippen LogP contribution in [-0.2, 0) is 13.0 Å². The summed E-state index contributed by atoms with van der Waals surface area (Å²) in [6, 6.07) is 17.0. The van der Waals surface area contributed by atoms with Crippen molar-refractivity contribution in [2.75, 3.05) is 11.9 Å². The van der Waals surface area contributed by atoms with Crippen LogP contribution in [0.15, 0.2) is 60.7 Å². The zero-order chi connectivity index (χ0) is 19.1. The molecule has 1 amide bonds. The Bertz CT molecular complexity index is 901. The Labute approximate surface area is 161 Å². The van der Waals surface area contributed by atoms with E-state index >= 15 is 0 Å². The first-order valence-corrected chi connectivity index (χ1v) is 8.83. The van der Waals surface area contributed by atoms with Gasteiger partial charge in [0.15, 0.2) is 5.69 Å². The lowest BCUT2D eigenvalue weighted by molar-refractivity contribution is 0.0948. The number of aromatic nitrogens is 2. The van der Waals surface area contributed by atoms with Gasteiger partial charge in [-0.05, 0) is 47.9 Å². The van der Waals surface area contributed by atoms with Crippen molar-refractivity contribution in [2.45, 2.75) is 13.0 Å². The fourth-order valence-corrected chi connectivity index (χ4v) is 2.64. The van der Waals surface area contributed by atoms with Gasteiger partial charge in [-0.15, -0.1) is 10.2 Å². The van der Waals surface area contributed by atoms with Gasteiger partial charge in [-0.25, -0.2) is 4.39 Å². The van der Waals surface area contributed by atoms with E-state index in [1.165, 1.54) is 12.1 Å². The second kappa shape index (κ2) is 9.09. The van der Waals surface area contributed by atoms with E-state index in [2.05, 4.69) is 20.8 Å². The van der Waals surface area contributed by atoms with Crippen LogP contribution in [0.4, 0.5) is 10.2 Å². The molecule has 1 aromatic heterocycles. The summed E-state index contributed by atoms with van der Waals surface area (Å²) in [5.74, 6) is -0.0265. The van der Waals surface area contributed by atoms with Crippen LogP contribution in [0.2, 0.25) is 5.02 Å². The number of amides is 1. The third-order valence-electron chi connectivity index (χ3n) is 3.93. The average molecular weight is 385 g/mol. The van der Waals surface area contributed by atoms with Crippen molar-refractivity contribution in [1.29, 1.82) is 0 Å². The minimum absolute atomic E-state index is 0.234. The first-order valence-electron chi connectivity index (χ1n) is 8.45. The highest BCUT2D eigenvalue weighted by Crippen LogP contribution is 2.16. The van der Waals surface area contributed by atoms with Crippen molar-refractivity contribution in [1.82, 2.24) is 15.5 Å². The van der Waals surface area contributed by atoms with Gasteiger partial charge in [0.2, 0.25) is 0 Å². The van der Waals surface area contributed by atoms with Crippen molar-refractivity contribution < 1.29 is 9.18 Å². The Morgan fingerprint density at radius 3 is 2.48 bits per heavy atom. The predicted molar refractivity (Wildman–Crippen MR) is 103 cm³/mol. The number of halogens is 2. The number of anilines is 1. The minimum Gasteiger partial charge on any atom is -0.364 e. The number of hydrogen-bond acceptors (Lipinski definition) is 4. The molecule has 27 heavy (non-hydrogen) atoms. The molecule has 1 heterocycles. The molecule has 7 heteroatoms. The Balaban J connectivity index is 1.48. The molecule has 0 bridgehead atoms. The summed E-state index contributed by atoms with van der Waals surface area (Å²) in [6.45, 7) is 0.941. The van der Waals surface area contributed by atoms with E-state index < -0.39 is 0 Å². The lowest BCUT2D eigenvalue weighted by Crippen LogP contribution is -2.26. The van der Waals surface area contributed by atoms with Gasteiger partial charge in [0.1, 0.15) is 11.6 Å². The number of nitrogens with one attached hydrogen (secondary N) is 2. The summed E-state index contributed by atoms with van der Waals surface area (Å²) in [5, 5.41) is 14.5. The van der Waals surface area contributed by atoms with Crippen LogP contribution in [0.1, 0.15) is 21.6 Å². The van der Waals surface area contributed by atoms with Crippen LogP contribution in [-0.4, -0.2) is 22.6 Å². The van der Waals surface area contributed by atoms with Crippen molar-refractivity contribution in [3.8, 4) is 0 Å². The number of nitrogens with zero attached hydrogens (tertiary/aromatic N) is 2. The van der Waals surface area contributed by atoms with Gasteiger partial charge < -0.3 is 10.6 Å². The number of carbonyl (C=O) groups excluding carboxylic acids is 1. The molecule has 2 aromatic carbocycles. The molecule has 3 aromatic rings. The zero-order valence-corrected chi connectivity index (χ0v) is 15.2. The van der Waals surface area contributed by atoms with E-state index in [1.54, 1.807) is 24.3 Å². The van der Waals surface area contributed by atoms with Gasteiger partial charge in [0.05, 0.1) is 0 Å². The van der Waals surface area contributed by atoms with Crippen molar-refractivity contribution in [3.63, 3.8) is 0 Å². The molecular formula is C20H18ClFN4O. The third-order valence-corrected chi connectivity index (χ3v) is 4.30. The molecule has 0 unspecified atom stereocenters. The van der Waals surface area contributed by atoms with Crippen LogP contribution in [0.25, 0.3) is 0 Å². The Hall–Kier alpha value is -2.99. The Morgan fingerprint density at radius 2 is 1.78 bits per heavy atom. The average Bonchev–Trinajstić information content (AvgIpc) is 2.69. The highest BCUT2D eigenvalue weighted by atomic mass is 35.5. The summed E-state index contributed by atoms with van der Waals surface area (Å²) < 4.78 is 12.9. The summed E-state index contributed by atoms with van der Waals surface area (Å²) >= 11 is 6.11. The normalized spacial score (nSPS) is 10.4. The Morgan fingerprint density at radius 1 is 1.00 bits per heavy atom. The molecule has 0 saturated heterocycles. The van der Waals surface area contributed by atoms with Gasteiger partial charge in [-0.2, -0.15) is 0 Å². The zero-order valence-electron chi connectivity index (χ0n) is 14.5. The van der Waals surface area contributed by atoms with E-state index in [-0.39, 0.29) is 17.4 Å². The van der Waals surface area contributed by atoms with E-state index in [9.17, 15) is 9.18 Å². The van der Waals surface area contributed by atoms with Gasteiger partial charge >= 0.3 is 0 Å². The number of benzene rings is 2.